The van der Waals surface area contributed by atoms with Gasteiger partial charge in [-0.3, -0.25) is 0 Å². The molecule has 0 saturated heterocycles. The van der Waals surface area contributed by atoms with Gasteiger partial charge in [-0.1, -0.05) is 304 Å². The van der Waals surface area contributed by atoms with Gasteiger partial charge in [0.1, 0.15) is 34.4 Å². The number of rotatable bonds is 5. The number of aromatic nitrogens is 4. The first-order valence-corrected chi connectivity index (χ1v) is 41.0. The highest BCUT2D eigenvalue weighted by Crippen LogP contribution is 2.42. The minimum Gasteiger partial charge on any atom is -0.359 e. The Kier molecular flexibility index (Phi) is 50.8. The van der Waals surface area contributed by atoms with E-state index in [1.165, 1.54) is 133 Å². The van der Waals surface area contributed by atoms with Crippen LogP contribution >= 0.6 is 0 Å². The Morgan fingerprint density at radius 2 is 0.782 bits per heavy atom. The van der Waals surface area contributed by atoms with Crippen molar-refractivity contribution >= 4 is 38.1 Å². The van der Waals surface area contributed by atoms with Gasteiger partial charge in [0.15, 0.2) is 18.6 Å². The average molecular weight is 1480 g/mol. The van der Waals surface area contributed by atoms with Gasteiger partial charge in [0, 0.05) is 89.0 Å². The summed E-state index contributed by atoms with van der Waals surface area (Å²) in [5.41, 5.74) is 25.2. The molecule has 110 heavy (non-hydrogen) atoms. The molecule has 13 aromatic rings. The monoisotopic (exact) mass is 1480 g/mol. The first-order chi connectivity index (χ1) is 53.2. The van der Waals surface area contributed by atoms with Crippen molar-refractivity contribution in [3.05, 3.63) is 319 Å². The maximum absolute atomic E-state index is 2.29. The zero-order valence-corrected chi connectivity index (χ0v) is 73.5. The molecule has 0 spiro atoms. The number of anilines is 1. The zero-order valence-electron chi connectivity index (χ0n) is 73.5. The first-order valence-electron chi connectivity index (χ1n) is 41.0. The second-order valence-electron chi connectivity index (χ2n) is 23.6. The highest BCUT2D eigenvalue weighted by Gasteiger charge is 2.26. The lowest BCUT2D eigenvalue weighted by Gasteiger charge is -2.28. The van der Waals surface area contributed by atoms with Crippen molar-refractivity contribution in [1.29, 1.82) is 0 Å². The Balaban J connectivity index is 0.00000128. The maximum Gasteiger partial charge on any atom is 0.220 e. The van der Waals surface area contributed by atoms with Crippen molar-refractivity contribution < 1.29 is 18.3 Å². The first kappa shape index (κ1) is 99.7. The number of fused-ring (bicyclic) bond motifs is 6. The van der Waals surface area contributed by atoms with Gasteiger partial charge < -0.3 is 9.80 Å². The molecule has 0 N–H and O–H groups in total. The minimum atomic E-state index is 0. The van der Waals surface area contributed by atoms with E-state index in [0.717, 1.165) is 6.42 Å². The van der Waals surface area contributed by atoms with E-state index in [4.69, 9.17) is 0 Å². The molecule has 9 aromatic carbocycles. The summed E-state index contributed by atoms with van der Waals surface area (Å²) < 4.78 is 8.87. The standard InChI is InChI=1S/C20H18N.3C17H16N.C12H16N2.10C2H6.CH4/c1-14-10-11-17-16-8-4-3-7-15(16)13-18(17)20(14)19-9-5-6-12-21(19)2;1-13-7-3-6-10-16(13)17-11-14-8-4-5-9-15(14)12-18(17)2;1-13-7-3-5-9-15(13)17-16-10-6-4-8-14(16)11-12-18(17)2;1-13-7-3-5-9-15(13)17-12-11-14-8-4-6-10-16(14)18(17)2;1-10-6-4-5-7-12(10)14-9-8-13(3)11(14)2;10*1-2;/h3-12H,13H2,1-2H3;3*3-12H,1-2H3;4-9,11H,1-3H3;10*1-2H3;1H4/q4*+1;;;;;;;;;;;;/t;;;;11-;;;;;;;;;;;/m....0.........../s1. The third-order valence-corrected chi connectivity index (χ3v) is 17.7. The van der Waals surface area contributed by atoms with Gasteiger partial charge in [-0.15, -0.1) is 0 Å². The molecule has 1 aliphatic heterocycles. The molecule has 0 amide bonds. The second-order valence-corrected chi connectivity index (χ2v) is 23.6. The Morgan fingerprint density at radius 3 is 1.32 bits per heavy atom. The van der Waals surface area contributed by atoms with E-state index in [0.29, 0.717) is 6.17 Å². The molecule has 0 bridgehead atoms. The fourth-order valence-electron chi connectivity index (χ4n) is 12.6. The molecule has 0 saturated carbocycles. The number of aryl methyl sites for hydroxylation is 9. The number of pyridine rings is 4. The van der Waals surface area contributed by atoms with Crippen LogP contribution in [-0.4, -0.2) is 18.1 Å². The lowest BCUT2D eigenvalue weighted by atomic mass is 9.94. The van der Waals surface area contributed by atoms with Crippen molar-refractivity contribution in [1.82, 2.24) is 4.90 Å². The topological polar surface area (TPSA) is 22.0 Å². The van der Waals surface area contributed by atoms with E-state index in [2.05, 4.69) is 385 Å². The molecule has 4 aromatic heterocycles. The molecule has 0 radical (unpaired) electrons. The highest BCUT2D eigenvalue weighted by atomic mass is 15.4. The third kappa shape index (κ3) is 26.8. The lowest BCUT2D eigenvalue weighted by molar-refractivity contribution is -0.660. The van der Waals surface area contributed by atoms with Gasteiger partial charge in [0.05, 0.1) is 10.9 Å². The molecule has 588 valence electrons. The molecule has 1 aliphatic carbocycles. The Labute approximate surface area is 672 Å². The normalized spacial score (nSPS) is 10.8. The molecule has 1 atom stereocenters. The van der Waals surface area contributed by atoms with Crippen LogP contribution < -0.4 is 23.2 Å². The van der Waals surface area contributed by atoms with Crippen LogP contribution in [0.1, 0.15) is 192 Å². The van der Waals surface area contributed by atoms with E-state index < -0.39 is 0 Å². The summed E-state index contributed by atoms with van der Waals surface area (Å²) in [4.78, 5) is 4.49. The largest absolute Gasteiger partial charge is 0.359 e. The fraction of sp³-hybridized carbons (Fsp3) is 0.327. The van der Waals surface area contributed by atoms with Crippen LogP contribution in [0, 0.1) is 34.6 Å². The number of hydrogen-bond donors (Lipinski definition) is 0. The summed E-state index contributed by atoms with van der Waals surface area (Å²) >= 11 is 0. The van der Waals surface area contributed by atoms with Crippen LogP contribution in [0.2, 0.25) is 0 Å². The molecule has 0 unspecified atom stereocenters. The van der Waals surface area contributed by atoms with Gasteiger partial charge in [0.25, 0.3) is 0 Å². The summed E-state index contributed by atoms with van der Waals surface area (Å²) in [6, 6.07) is 88.1. The lowest BCUT2D eigenvalue weighted by Crippen LogP contribution is -2.33. The molecular weight excluding hydrogens is 1330 g/mol. The molecule has 15 rings (SSSR count). The predicted octanol–water partition coefficient (Wildman–Crippen LogP) is 28.4. The van der Waals surface area contributed by atoms with Crippen LogP contribution in [0.3, 0.4) is 0 Å². The maximum atomic E-state index is 2.29. The summed E-state index contributed by atoms with van der Waals surface area (Å²) in [7, 11) is 10.6. The van der Waals surface area contributed by atoms with Crippen molar-refractivity contribution in [2.24, 2.45) is 28.2 Å². The van der Waals surface area contributed by atoms with E-state index in [9.17, 15) is 0 Å². The van der Waals surface area contributed by atoms with E-state index in [1.807, 2.05) is 138 Å². The van der Waals surface area contributed by atoms with Crippen LogP contribution in [0.15, 0.2) is 280 Å². The SMILES string of the molecule is C.CC.CC.CC.CC.CC.CC.CC.CC.CC.CC.Cc1ccc2c(c1-c1cccc[n+]1C)Cc1ccccc1-2.Cc1ccccc1-c1c2ccccc2cc[n+]1C.Cc1ccccc1-c1cc2ccccc2c[n+]1C.Cc1ccccc1-c1ccc2ccccc2[n+]1C.Cc1ccccc1N1C=CN(C)[C@@H]1C. The second kappa shape index (κ2) is 56.0. The molecule has 2 aliphatic rings. The Morgan fingerprint density at radius 1 is 0.327 bits per heavy atom. The molecular formula is C104H146N6+4. The molecule has 0 fully saturated rings. The molecule has 6 heteroatoms. The Hall–Kier alpha value is -10.3. The average Bonchev–Trinajstić information content (AvgIpc) is 1.60. The van der Waals surface area contributed by atoms with Gasteiger partial charge in [-0.25, -0.2) is 13.7 Å². The number of hydrogen-bond acceptors (Lipinski definition) is 2. The Bertz CT molecular complexity index is 4660. The number of nitrogens with zero attached hydrogens (tertiary/aromatic N) is 6. The quantitative estimate of drug-likeness (QED) is 0.160. The van der Waals surface area contributed by atoms with Crippen LogP contribution in [0.5, 0.6) is 0 Å². The van der Waals surface area contributed by atoms with Crippen molar-refractivity contribution in [2.75, 3.05) is 11.9 Å². The number of para-hydroxylation sites is 2. The summed E-state index contributed by atoms with van der Waals surface area (Å²) in [6.45, 7) is 53.0. The van der Waals surface area contributed by atoms with Gasteiger partial charge >= 0.3 is 0 Å². The van der Waals surface area contributed by atoms with Crippen LogP contribution in [0.25, 0.3) is 88.6 Å². The summed E-state index contributed by atoms with van der Waals surface area (Å²) in [6.07, 6.45) is 12.1. The van der Waals surface area contributed by atoms with Gasteiger partial charge in [-0.05, 0) is 163 Å². The highest BCUT2D eigenvalue weighted by molar-refractivity contribution is 5.93. The van der Waals surface area contributed by atoms with Gasteiger partial charge in [-0.2, -0.15) is 4.57 Å². The van der Waals surface area contributed by atoms with Crippen molar-refractivity contribution in [2.45, 2.75) is 200 Å². The zero-order chi connectivity index (χ0) is 82.1. The molecule has 6 nitrogen and oxygen atoms in total. The summed E-state index contributed by atoms with van der Waals surface area (Å²) in [5, 5.41) is 6.43. The van der Waals surface area contributed by atoms with Crippen LogP contribution in [0.4, 0.5) is 5.69 Å². The predicted molar refractivity (Wildman–Crippen MR) is 492 cm³/mol. The fourth-order valence-corrected chi connectivity index (χ4v) is 12.6. The summed E-state index contributed by atoms with van der Waals surface area (Å²) in [5.74, 6) is 0. The minimum absolute atomic E-state index is 0. The third-order valence-electron chi connectivity index (χ3n) is 17.7. The molecule has 5 heterocycles. The van der Waals surface area contributed by atoms with Gasteiger partial charge in [0.2, 0.25) is 28.3 Å². The smallest absolute Gasteiger partial charge is 0.220 e. The van der Waals surface area contributed by atoms with E-state index in [1.54, 1.807) is 0 Å². The van der Waals surface area contributed by atoms with Crippen molar-refractivity contribution in [3.8, 4) is 56.2 Å². The van der Waals surface area contributed by atoms with E-state index >= 15 is 0 Å². The number of benzene rings is 9. The van der Waals surface area contributed by atoms with Crippen molar-refractivity contribution in [3.63, 3.8) is 0 Å². The van der Waals surface area contributed by atoms with Crippen LogP contribution in [-0.2, 0) is 34.6 Å². The van der Waals surface area contributed by atoms with E-state index in [-0.39, 0.29) is 7.43 Å².